The third-order valence-corrected chi connectivity index (χ3v) is 4.34. The first kappa shape index (κ1) is 11.2. The van der Waals surface area contributed by atoms with Crippen molar-refractivity contribution < 1.29 is 4.43 Å². The molecule has 1 nitrogen and oxygen atoms in total. The number of hydrogen-bond acceptors (Lipinski definition) is 1. The molecule has 0 rings (SSSR count). The molecule has 0 aliphatic rings. The zero-order chi connectivity index (χ0) is 8.74. The van der Waals surface area contributed by atoms with E-state index in [4.69, 9.17) is 4.43 Å². The molecule has 0 saturated carbocycles. The quantitative estimate of drug-likeness (QED) is 0.444. The second-order valence-corrected chi connectivity index (χ2v) is 4.76. The van der Waals surface area contributed by atoms with Crippen molar-refractivity contribution in [3.63, 3.8) is 0 Å². The summed E-state index contributed by atoms with van der Waals surface area (Å²) in [5, 5.41) is 0. The molecule has 0 heterocycles. The first-order valence-corrected chi connectivity index (χ1v) is 6.40. The summed E-state index contributed by atoms with van der Waals surface area (Å²) in [5.74, 6) is 0. The molecule has 68 valence electrons. The molecule has 0 amide bonds. The Hall–Kier alpha value is 0.177. The van der Waals surface area contributed by atoms with Crippen LogP contribution in [-0.2, 0) is 4.43 Å². The van der Waals surface area contributed by atoms with Gasteiger partial charge in [-0.25, -0.2) is 0 Å². The van der Waals surface area contributed by atoms with Crippen molar-refractivity contribution in [1.29, 1.82) is 0 Å². The van der Waals surface area contributed by atoms with Gasteiger partial charge >= 0.3 is 0 Å². The van der Waals surface area contributed by atoms with Gasteiger partial charge in [-0.2, -0.15) is 0 Å². The topological polar surface area (TPSA) is 9.23 Å². The Labute approximate surface area is 73.5 Å². The molecular formula is C9H22OSi. The van der Waals surface area contributed by atoms with Crippen LogP contribution in [0, 0.1) is 0 Å². The zero-order valence-electron chi connectivity index (χ0n) is 8.44. The fraction of sp³-hybridized carbons (Fsp3) is 1.00. The summed E-state index contributed by atoms with van der Waals surface area (Å²) in [6.07, 6.45) is 3.59. The summed E-state index contributed by atoms with van der Waals surface area (Å²) in [6, 6.07) is 1.33. The van der Waals surface area contributed by atoms with Crippen LogP contribution in [0.5, 0.6) is 0 Å². The van der Waals surface area contributed by atoms with Crippen molar-refractivity contribution in [1.82, 2.24) is 0 Å². The van der Waals surface area contributed by atoms with E-state index in [2.05, 4.69) is 27.7 Å². The Morgan fingerprint density at radius 1 is 1.18 bits per heavy atom. The minimum Gasteiger partial charge on any atom is -0.419 e. The summed E-state index contributed by atoms with van der Waals surface area (Å²) in [4.78, 5) is 0. The van der Waals surface area contributed by atoms with E-state index in [1.165, 1.54) is 12.5 Å². The molecule has 0 spiro atoms. The molecule has 0 aliphatic carbocycles. The van der Waals surface area contributed by atoms with Crippen LogP contribution in [-0.4, -0.2) is 15.4 Å². The van der Waals surface area contributed by atoms with Gasteiger partial charge in [-0.1, -0.05) is 27.2 Å². The highest BCUT2D eigenvalue weighted by Gasteiger charge is 2.18. The Bertz CT molecular complexity index is 89.6. The molecule has 0 radical (unpaired) electrons. The maximum atomic E-state index is 5.91. The summed E-state index contributed by atoms with van der Waals surface area (Å²) in [5.41, 5.74) is 0.196. The number of rotatable bonds is 6. The SMILES string of the molecule is CCC[SiH2]OC(C)(CC)CC. The van der Waals surface area contributed by atoms with Crippen molar-refractivity contribution in [2.45, 2.75) is 58.6 Å². The minimum absolute atomic E-state index is 0.196. The van der Waals surface area contributed by atoms with Gasteiger partial charge in [-0.15, -0.1) is 0 Å². The fourth-order valence-corrected chi connectivity index (χ4v) is 2.25. The van der Waals surface area contributed by atoms with Crippen molar-refractivity contribution in [3.05, 3.63) is 0 Å². The molecule has 11 heavy (non-hydrogen) atoms. The summed E-state index contributed by atoms with van der Waals surface area (Å²) in [6.45, 7) is 8.88. The second-order valence-electron chi connectivity index (χ2n) is 3.36. The van der Waals surface area contributed by atoms with E-state index in [0.717, 1.165) is 12.8 Å². The first-order chi connectivity index (χ1) is 5.18. The lowest BCUT2D eigenvalue weighted by Gasteiger charge is -2.27. The second kappa shape index (κ2) is 5.78. The van der Waals surface area contributed by atoms with E-state index >= 15 is 0 Å². The molecule has 0 aromatic carbocycles. The van der Waals surface area contributed by atoms with Gasteiger partial charge in [0.2, 0.25) is 0 Å². The van der Waals surface area contributed by atoms with Gasteiger partial charge < -0.3 is 4.43 Å². The molecule has 0 aliphatic heterocycles. The van der Waals surface area contributed by atoms with Crippen LogP contribution < -0.4 is 0 Å². The average molecular weight is 174 g/mol. The van der Waals surface area contributed by atoms with Crippen molar-refractivity contribution >= 4 is 9.76 Å². The van der Waals surface area contributed by atoms with Gasteiger partial charge in [0.25, 0.3) is 0 Å². The molecule has 2 heteroatoms. The average Bonchev–Trinajstić information content (AvgIpc) is 2.05. The van der Waals surface area contributed by atoms with Gasteiger partial charge in [0.15, 0.2) is 9.76 Å². The van der Waals surface area contributed by atoms with Gasteiger partial charge in [-0.05, 0) is 25.8 Å². The lowest BCUT2D eigenvalue weighted by atomic mass is 10.0. The highest BCUT2D eigenvalue weighted by Crippen LogP contribution is 2.18. The molecule has 0 unspecified atom stereocenters. The molecule has 0 fully saturated rings. The van der Waals surface area contributed by atoms with Crippen LogP contribution in [0.1, 0.15) is 47.0 Å². The molecule has 0 bridgehead atoms. The normalized spacial score (nSPS) is 13.1. The fourth-order valence-electron chi connectivity index (χ4n) is 0.917. The van der Waals surface area contributed by atoms with Crippen molar-refractivity contribution in [3.8, 4) is 0 Å². The third-order valence-electron chi connectivity index (χ3n) is 2.44. The van der Waals surface area contributed by atoms with Crippen LogP contribution in [0.4, 0.5) is 0 Å². The van der Waals surface area contributed by atoms with Crippen LogP contribution in [0.25, 0.3) is 0 Å². The van der Waals surface area contributed by atoms with Gasteiger partial charge in [0.1, 0.15) is 0 Å². The minimum atomic E-state index is -0.215. The van der Waals surface area contributed by atoms with Crippen LogP contribution in [0.15, 0.2) is 0 Å². The van der Waals surface area contributed by atoms with Crippen molar-refractivity contribution in [2.24, 2.45) is 0 Å². The Balaban J connectivity index is 3.51. The highest BCUT2D eigenvalue weighted by atomic mass is 28.2. The van der Waals surface area contributed by atoms with Crippen LogP contribution >= 0.6 is 0 Å². The summed E-state index contributed by atoms with van der Waals surface area (Å²) >= 11 is 0. The number of hydrogen-bond donors (Lipinski definition) is 0. The molecule has 0 atom stereocenters. The maximum Gasteiger partial charge on any atom is 0.162 e. The van der Waals surface area contributed by atoms with Crippen LogP contribution in [0.2, 0.25) is 6.04 Å². The molecule has 0 aromatic rings. The lowest BCUT2D eigenvalue weighted by Crippen LogP contribution is -2.28. The molecule has 0 N–H and O–H groups in total. The maximum absolute atomic E-state index is 5.91. The van der Waals surface area contributed by atoms with E-state index in [1.807, 2.05) is 0 Å². The van der Waals surface area contributed by atoms with Gasteiger partial charge in [0, 0.05) is 0 Å². The first-order valence-electron chi connectivity index (χ1n) is 4.82. The molecule has 0 aromatic heterocycles. The van der Waals surface area contributed by atoms with E-state index in [-0.39, 0.29) is 15.4 Å². The van der Waals surface area contributed by atoms with E-state index in [1.54, 1.807) is 0 Å². The van der Waals surface area contributed by atoms with Gasteiger partial charge in [0.05, 0.1) is 5.60 Å². The molecule has 0 saturated heterocycles. The Morgan fingerprint density at radius 2 is 1.73 bits per heavy atom. The van der Waals surface area contributed by atoms with Crippen molar-refractivity contribution in [2.75, 3.05) is 0 Å². The van der Waals surface area contributed by atoms with E-state index in [9.17, 15) is 0 Å². The van der Waals surface area contributed by atoms with E-state index in [0.29, 0.717) is 0 Å². The Kier molecular flexibility index (Phi) is 5.87. The highest BCUT2D eigenvalue weighted by molar-refractivity contribution is 6.27. The lowest BCUT2D eigenvalue weighted by molar-refractivity contribution is 0.0851. The third kappa shape index (κ3) is 4.59. The predicted molar refractivity (Wildman–Crippen MR) is 53.7 cm³/mol. The van der Waals surface area contributed by atoms with Gasteiger partial charge in [-0.3, -0.25) is 0 Å². The monoisotopic (exact) mass is 174 g/mol. The predicted octanol–water partition coefficient (Wildman–Crippen LogP) is 2.49. The summed E-state index contributed by atoms with van der Waals surface area (Å²) < 4.78 is 5.91. The largest absolute Gasteiger partial charge is 0.419 e. The Morgan fingerprint density at radius 3 is 2.09 bits per heavy atom. The molecular weight excluding hydrogens is 152 g/mol. The summed E-state index contributed by atoms with van der Waals surface area (Å²) in [7, 11) is -0.215. The zero-order valence-corrected chi connectivity index (χ0v) is 9.86. The van der Waals surface area contributed by atoms with E-state index < -0.39 is 0 Å². The smallest absolute Gasteiger partial charge is 0.162 e. The standard InChI is InChI=1S/C9H22OSi/c1-5-8-11-10-9(4,6-2)7-3/h5-8,11H2,1-4H3. The van der Waals surface area contributed by atoms with Crippen LogP contribution in [0.3, 0.4) is 0 Å².